The summed E-state index contributed by atoms with van der Waals surface area (Å²) >= 11 is 5.83. The summed E-state index contributed by atoms with van der Waals surface area (Å²) in [6.07, 6.45) is 0. The molecule has 2 N–H and O–H groups in total. The van der Waals surface area contributed by atoms with Gasteiger partial charge in [-0.05, 0) is 43.3 Å². The second-order valence-corrected chi connectivity index (χ2v) is 6.67. The first-order valence-electron chi connectivity index (χ1n) is 8.41. The normalized spacial score (nSPS) is 10.4. The van der Waals surface area contributed by atoms with Crippen molar-refractivity contribution in [2.75, 3.05) is 5.32 Å². The van der Waals surface area contributed by atoms with E-state index in [0.29, 0.717) is 11.1 Å². The van der Waals surface area contributed by atoms with Crippen LogP contribution in [0.5, 0.6) is 0 Å². The number of hydrogen-bond acceptors (Lipinski definition) is 3. The maximum absolute atomic E-state index is 12.7. The molecule has 140 valence electrons. The van der Waals surface area contributed by atoms with Gasteiger partial charge in [-0.25, -0.2) is 4.79 Å². The minimum atomic E-state index is -1.21. The van der Waals surface area contributed by atoms with E-state index in [1.54, 1.807) is 36.4 Å². The molecule has 1 amide bonds. The first-order valence-corrected chi connectivity index (χ1v) is 8.78. The number of anilines is 1. The number of carboxylic acid groups (broad SMARTS) is 1. The molecule has 0 saturated heterocycles. The van der Waals surface area contributed by atoms with Crippen LogP contribution in [0.15, 0.2) is 66.7 Å². The highest BCUT2D eigenvalue weighted by molar-refractivity contribution is 6.31. The maximum Gasteiger partial charge on any atom is 0.337 e. The summed E-state index contributed by atoms with van der Waals surface area (Å²) in [7, 11) is 0. The Bertz CT molecular complexity index is 1090. The van der Waals surface area contributed by atoms with Gasteiger partial charge in [-0.2, -0.15) is 0 Å². The van der Waals surface area contributed by atoms with Crippen molar-refractivity contribution in [3.8, 4) is 0 Å². The van der Waals surface area contributed by atoms with E-state index in [1.807, 2.05) is 13.0 Å². The zero-order valence-corrected chi connectivity index (χ0v) is 15.7. The molecule has 0 heterocycles. The first kappa shape index (κ1) is 19.3. The van der Waals surface area contributed by atoms with Crippen molar-refractivity contribution in [3.05, 3.63) is 99.6 Å². The molecule has 0 saturated carbocycles. The number of nitrogens with one attached hydrogen (secondary N) is 1. The molecule has 3 aromatic rings. The average molecular weight is 394 g/mol. The van der Waals surface area contributed by atoms with Crippen LogP contribution in [0.2, 0.25) is 5.02 Å². The third kappa shape index (κ3) is 4.27. The van der Waals surface area contributed by atoms with Crippen LogP contribution in [0.4, 0.5) is 5.69 Å². The largest absolute Gasteiger partial charge is 0.478 e. The highest BCUT2D eigenvalue weighted by Gasteiger charge is 2.16. The molecule has 0 radical (unpaired) electrons. The van der Waals surface area contributed by atoms with E-state index in [9.17, 15) is 19.5 Å². The Hall–Kier alpha value is -3.44. The van der Waals surface area contributed by atoms with E-state index >= 15 is 0 Å². The maximum atomic E-state index is 12.7. The van der Waals surface area contributed by atoms with Gasteiger partial charge in [0.25, 0.3) is 5.91 Å². The van der Waals surface area contributed by atoms with Crippen molar-refractivity contribution in [3.63, 3.8) is 0 Å². The molecule has 3 rings (SSSR count). The summed E-state index contributed by atoms with van der Waals surface area (Å²) in [4.78, 5) is 36.6. The third-order valence-electron chi connectivity index (χ3n) is 4.13. The number of halogens is 1. The Kier molecular flexibility index (Phi) is 5.57. The number of carbonyl (C=O) groups is 3. The lowest BCUT2D eigenvalue weighted by atomic mass is 10.00. The van der Waals surface area contributed by atoms with Crippen LogP contribution in [-0.2, 0) is 0 Å². The number of carboxylic acids is 1. The highest BCUT2D eigenvalue weighted by atomic mass is 35.5. The van der Waals surface area contributed by atoms with Gasteiger partial charge < -0.3 is 10.4 Å². The van der Waals surface area contributed by atoms with Crippen molar-refractivity contribution in [2.45, 2.75) is 6.92 Å². The number of aryl methyl sites for hydroxylation is 1. The molecular formula is C22H16ClNO4. The summed E-state index contributed by atoms with van der Waals surface area (Å²) in [5.41, 5.74) is 2.11. The summed E-state index contributed by atoms with van der Waals surface area (Å²) in [5.74, 6) is -1.93. The SMILES string of the molecule is Cc1cccc(C(=O)c2cccc(C(=O)Nc3ccc(Cl)cc3C(=O)O)c2)c1. The molecule has 3 aromatic carbocycles. The number of amides is 1. The van der Waals surface area contributed by atoms with Crippen LogP contribution < -0.4 is 5.32 Å². The predicted molar refractivity (Wildman–Crippen MR) is 107 cm³/mol. The molecule has 5 nitrogen and oxygen atoms in total. The average Bonchev–Trinajstić information content (AvgIpc) is 2.68. The fraction of sp³-hybridized carbons (Fsp3) is 0.0455. The van der Waals surface area contributed by atoms with E-state index in [1.165, 1.54) is 24.3 Å². The lowest BCUT2D eigenvalue weighted by Crippen LogP contribution is -2.15. The van der Waals surface area contributed by atoms with Crippen LogP contribution in [-0.4, -0.2) is 22.8 Å². The monoisotopic (exact) mass is 393 g/mol. The van der Waals surface area contributed by atoms with Gasteiger partial charge in [0.05, 0.1) is 11.3 Å². The number of aromatic carboxylic acids is 1. The fourth-order valence-corrected chi connectivity index (χ4v) is 2.92. The molecular weight excluding hydrogens is 378 g/mol. The standard InChI is InChI=1S/C22H16ClNO4/c1-13-4-2-5-14(10-13)20(25)15-6-3-7-16(11-15)21(26)24-19-9-8-17(23)12-18(19)22(27)28/h2-12H,1H3,(H,24,26)(H,27,28). The molecule has 0 unspecified atom stereocenters. The quantitative estimate of drug-likeness (QED) is 0.608. The molecule has 0 spiro atoms. The fourth-order valence-electron chi connectivity index (χ4n) is 2.75. The number of hydrogen-bond donors (Lipinski definition) is 2. The first-order chi connectivity index (χ1) is 13.3. The van der Waals surface area contributed by atoms with Crippen molar-refractivity contribution in [1.29, 1.82) is 0 Å². The Balaban J connectivity index is 1.87. The minimum absolute atomic E-state index is 0.118. The smallest absolute Gasteiger partial charge is 0.337 e. The van der Waals surface area contributed by atoms with Crippen LogP contribution in [0.1, 0.15) is 42.2 Å². The molecule has 0 aliphatic heterocycles. The lowest BCUT2D eigenvalue weighted by molar-refractivity contribution is 0.0698. The van der Waals surface area contributed by atoms with Crippen LogP contribution >= 0.6 is 11.6 Å². The molecule has 0 bridgehead atoms. The van der Waals surface area contributed by atoms with Crippen LogP contribution in [0.25, 0.3) is 0 Å². The van der Waals surface area contributed by atoms with Crippen LogP contribution in [0.3, 0.4) is 0 Å². The van der Waals surface area contributed by atoms with E-state index in [-0.39, 0.29) is 27.6 Å². The van der Waals surface area contributed by atoms with E-state index < -0.39 is 11.9 Å². The second-order valence-electron chi connectivity index (χ2n) is 6.23. The zero-order valence-electron chi connectivity index (χ0n) is 14.9. The Morgan fingerprint density at radius 1 is 0.857 bits per heavy atom. The Morgan fingerprint density at radius 3 is 2.18 bits per heavy atom. The minimum Gasteiger partial charge on any atom is -0.478 e. The van der Waals surface area contributed by atoms with Gasteiger partial charge in [0, 0.05) is 21.7 Å². The van der Waals surface area contributed by atoms with E-state index in [2.05, 4.69) is 5.32 Å². The third-order valence-corrected chi connectivity index (χ3v) is 4.36. The summed E-state index contributed by atoms with van der Waals surface area (Å²) in [5, 5.41) is 12.1. The van der Waals surface area contributed by atoms with Gasteiger partial charge in [0.1, 0.15) is 0 Å². The molecule has 28 heavy (non-hydrogen) atoms. The van der Waals surface area contributed by atoms with Gasteiger partial charge in [-0.1, -0.05) is 47.5 Å². The second kappa shape index (κ2) is 8.06. The predicted octanol–water partition coefficient (Wildman–Crippen LogP) is 4.83. The van der Waals surface area contributed by atoms with Gasteiger partial charge in [-0.3, -0.25) is 9.59 Å². The van der Waals surface area contributed by atoms with Crippen molar-refractivity contribution in [2.24, 2.45) is 0 Å². The summed E-state index contributed by atoms with van der Waals surface area (Å²) in [6.45, 7) is 1.90. The zero-order chi connectivity index (χ0) is 20.3. The Labute approximate surface area is 166 Å². The lowest BCUT2D eigenvalue weighted by Gasteiger charge is -2.10. The molecule has 0 fully saturated rings. The molecule has 0 aliphatic rings. The van der Waals surface area contributed by atoms with Crippen molar-refractivity contribution >= 4 is 34.9 Å². The topological polar surface area (TPSA) is 83.5 Å². The van der Waals surface area contributed by atoms with E-state index in [4.69, 9.17) is 11.6 Å². The number of ketones is 1. The number of carbonyl (C=O) groups excluding carboxylic acids is 2. The molecule has 0 atom stereocenters. The summed E-state index contributed by atoms with van der Waals surface area (Å²) < 4.78 is 0. The number of benzene rings is 3. The van der Waals surface area contributed by atoms with Gasteiger partial charge in [0.2, 0.25) is 0 Å². The van der Waals surface area contributed by atoms with Crippen molar-refractivity contribution < 1.29 is 19.5 Å². The summed E-state index contributed by atoms with van der Waals surface area (Å²) in [6, 6.07) is 17.6. The highest BCUT2D eigenvalue weighted by Crippen LogP contribution is 2.22. The molecule has 6 heteroatoms. The molecule has 0 aromatic heterocycles. The van der Waals surface area contributed by atoms with Crippen molar-refractivity contribution in [1.82, 2.24) is 0 Å². The van der Waals surface area contributed by atoms with Crippen LogP contribution in [0, 0.1) is 6.92 Å². The van der Waals surface area contributed by atoms with Gasteiger partial charge in [-0.15, -0.1) is 0 Å². The Morgan fingerprint density at radius 2 is 1.50 bits per heavy atom. The number of rotatable bonds is 5. The van der Waals surface area contributed by atoms with Gasteiger partial charge in [0.15, 0.2) is 5.78 Å². The van der Waals surface area contributed by atoms with Gasteiger partial charge >= 0.3 is 5.97 Å². The molecule has 0 aliphatic carbocycles. The van der Waals surface area contributed by atoms with E-state index in [0.717, 1.165) is 5.56 Å².